The van der Waals surface area contributed by atoms with E-state index in [2.05, 4.69) is 15.4 Å². The first-order valence-corrected chi connectivity index (χ1v) is 14.5. The van der Waals surface area contributed by atoms with Gasteiger partial charge < -0.3 is 19.7 Å². The molecule has 0 bridgehead atoms. The molecule has 10 heteroatoms. The maximum atomic E-state index is 11.3. The average molecular weight is 591 g/mol. The van der Waals surface area contributed by atoms with Crippen molar-refractivity contribution in [2.75, 3.05) is 13.1 Å². The van der Waals surface area contributed by atoms with E-state index in [-0.39, 0.29) is 12.6 Å². The lowest BCUT2D eigenvalue weighted by atomic mass is 9.81. The maximum Gasteiger partial charge on any atom is 0.207 e. The highest BCUT2D eigenvalue weighted by molar-refractivity contribution is 6.39. The number of benzene rings is 2. The van der Waals surface area contributed by atoms with Gasteiger partial charge in [0, 0.05) is 42.2 Å². The van der Waals surface area contributed by atoms with Gasteiger partial charge in [-0.2, -0.15) is 0 Å². The van der Waals surface area contributed by atoms with E-state index in [9.17, 15) is 9.90 Å². The topological polar surface area (TPSA) is 87.8 Å². The SMILES string of the molecule is O=CNC1CCCC(N2CC(O)(c3ccc(OCc4c(-c5c(Cl)cccc5Cl)noc4C4CC4)cc3Cl)C2)C1. The lowest BCUT2D eigenvalue weighted by molar-refractivity contribution is -0.128. The van der Waals surface area contributed by atoms with E-state index in [1.165, 1.54) is 0 Å². The monoisotopic (exact) mass is 589 g/mol. The van der Waals surface area contributed by atoms with Crippen LogP contribution in [0, 0.1) is 0 Å². The highest BCUT2D eigenvalue weighted by Gasteiger charge is 2.47. The van der Waals surface area contributed by atoms with Gasteiger partial charge in [-0.15, -0.1) is 0 Å². The molecule has 2 heterocycles. The molecule has 0 spiro atoms. The number of amides is 1. The third-order valence-corrected chi connectivity index (χ3v) is 9.13. The molecule has 1 saturated heterocycles. The van der Waals surface area contributed by atoms with Crippen molar-refractivity contribution < 1.29 is 19.2 Å². The van der Waals surface area contributed by atoms with Crippen LogP contribution in [0.1, 0.15) is 61.3 Å². The predicted molar refractivity (Wildman–Crippen MR) is 150 cm³/mol. The molecule has 39 heavy (non-hydrogen) atoms. The number of carbonyl (C=O) groups excluding carboxylic acids is 1. The van der Waals surface area contributed by atoms with Gasteiger partial charge in [0.1, 0.15) is 29.4 Å². The Kier molecular flexibility index (Phi) is 7.55. The molecule has 3 aliphatic rings. The molecule has 2 N–H and O–H groups in total. The first kappa shape index (κ1) is 26.9. The number of aromatic nitrogens is 1. The molecular formula is C29H30Cl3N3O4. The van der Waals surface area contributed by atoms with Crippen LogP contribution >= 0.6 is 34.8 Å². The minimum absolute atomic E-state index is 0.204. The van der Waals surface area contributed by atoms with Crippen molar-refractivity contribution in [3.8, 4) is 17.0 Å². The number of halogens is 3. The number of nitrogens with one attached hydrogen (secondary N) is 1. The number of carbonyl (C=O) groups is 1. The molecule has 1 aliphatic heterocycles. The Bertz CT molecular complexity index is 1350. The van der Waals surface area contributed by atoms with Crippen molar-refractivity contribution in [3.63, 3.8) is 0 Å². The Morgan fingerprint density at radius 2 is 1.87 bits per heavy atom. The third-order valence-electron chi connectivity index (χ3n) is 8.19. The minimum Gasteiger partial charge on any atom is -0.489 e. The second-order valence-corrected chi connectivity index (χ2v) is 12.1. The molecule has 3 fully saturated rings. The molecule has 2 aliphatic carbocycles. The summed E-state index contributed by atoms with van der Waals surface area (Å²) in [6.45, 7) is 1.25. The number of ether oxygens (including phenoxy) is 1. The zero-order valence-corrected chi connectivity index (χ0v) is 23.6. The summed E-state index contributed by atoms with van der Waals surface area (Å²) in [5.74, 6) is 1.71. The predicted octanol–water partition coefficient (Wildman–Crippen LogP) is 6.32. The van der Waals surface area contributed by atoms with Crippen LogP contribution < -0.4 is 10.1 Å². The van der Waals surface area contributed by atoms with Crippen LogP contribution in [0.15, 0.2) is 40.9 Å². The number of aliphatic hydroxyl groups is 1. The van der Waals surface area contributed by atoms with Gasteiger partial charge in [0.2, 0.25) is 6.41 Å². The first-order valence-electron chi connectivity index (χ1n) is 13.4. The second-order valence-electron chi connectivity index (χ2n) is 10.9. The number of β-amino-alcohol motifs (C(OH)–C–C–N with tert-alkyl or cyclic N) is 1. The number of nitrogens with zero attached hydrogens (tertiary/aromatic N) is 2. The molecule has 6 rings (SSSR count). The highest BCUT2D eigenvalue weighted by Crippen LogP contribution is 2.46. The zero-order chi connectivity index (χ0) is 27.1. The van der Waals surface area contributed by atoms with Crippen LogP contribution in [0.3, 0.4) is 0 Å². The maximum absolute atomic E-state index is 11.3. The van der Waals surface area contributed by atoms with Crippen LogP contribution in [-0.2, 0) is 17.0 Å². The van der Waals surface area contributed by atoms with Crippen LogP contribution in [0.2, 0.25) is 15.1 Å². The van der Waals surface area contributed by atoms with E-state index in [1.807, 2.05) is 12.1 Å². The molecule has 0 radical (unpaired) electrons. The van der Waals surface area contributed by atoms with Gasteiger partial charge in [-0.05, 0) is 62.8 Å². The Morgan fingerprint density at radius 1 is 1.10 bits per heavy atom. The van der Waals surface area contributed by atoms with Crippen LogP contribution in [0.5, 0.6) is 5.75 Å². The Hall–Kier alpha value is -2.29. The van der Waals surface area contributed by atoms with Gasteiger partial charge in [0.25, 0.3) is 0 Å². The molecule has 2 atom stereocenters. The zero-order valence-electron chi connectivity index (χ0n) is 21.3. The van der Waals surface area contributed by atoms with Gasteiger partial charge in [-0.1, -0.05) is 52.1 Å². The fourth-order valence-corrected chi connectivity index (χ4v) is 6.89. The summed E-state index contributed by atoms with van der Waals surface area (Å²) in [6.07, 6.45) is 6.92. The summed E-state index contributed by atoms with van der Waals surface area (Å²) in [4.78, 5) is 13.1. The number of hydrogen-bond acceptors (Lipinski definition) is 6. The fourth-order valence-electron chi connectivity index (χ4n) is 5.96. The third kappa shape index (κ3) is 5.40. The van der Waals surface area contributed by atoms with E-state index in [0.717, 1.165) is 56.3 Å². The normalized spacial score (nSPS) is 22.8. The van der Waals surface area contributed by atoms with Crippen molar-refractivity contribution in [1.29, 1.82) is 0 Å². The molecule has 3 aromatic rings. The van der Waals surface area contributed by atoms with Crippen LogP contribution in [0.4, 0.5) is 0 Å². The van der Waals surface area contributed by atoms with Gasteiger partial charge in [-0.3, -0.25) is 9.69 Å². The fraction of sp³-hybridized carbons (Fsp3) is 0.448. The van der Waals surface area contributed by atoms with Crippen LogP contribution in [-0.4, -0.2) is 46.7 Å². The largest absolute Gasteiger partial charge is 0.489 e. The van der Waals surface area contributed by atoms with Gasteiger partial charge in [0.05, 0.1) is 20.6 Å². The summed E-state index contributed by atoms with van der Waals surface area (Å²) in [7, 11) is 0. The van der Waals surface area contributed by atoms with E-state index >= 15 is 0 Å². The molecule has 1 aromatic heterocycles. The lowest BCUT2D eigenvalue weighted by Crippen LogP contribution is -2.63. The molecule has 206 valence electrons. The number of hydrogen-bond donors (Lipinski definition) is 2. The summed E-state index contributed by atoms with van der Waals surface area (Å²) >= 11 is 19.6. The van der Waals surface area contributed by atoms with Gasteiger partial charge in [-0.25, -0.2) is 0 Å². The smallest absolute Gasteiger partial charge is 0.207 e. The summed E-state index contributed by atoms with van der Waals surface area (Å²) in [6, 6.07) is 11.3. The van der Waals surface area contributed by atoms with E-state index < -0.39 is 5.60 Å². The van der Waals surface area contributed by atoms with Crippen LogP contribution in [0.25, 0.3) is 11.3 Å². The Morgan fingerprint density at radius 3 is 2.56 bits per heavy atom. The van der Waals surface area contributed by atoms with Crippen molar-refractivity contribution in [2.24, 2.45) is 0 Å². The van der Waals surface area contributed by atoms with Gasteiger partial charge in [0.15, 0.2) is 0 Å². The van der Waals surface area contributed by atoms with Crippen molar-refractivity contribution in [1.82, 2.24) is 15.4 Å². The Labute approximate surface area is 242 Å². The van der Waals surface area contributed by atoms with E-state index in [0.29, 0.717) is 62.7 Å². The quantitative estimate of drug-likeness (QED) is 0.284. The second kappa shape index (κ2) is 10.9. The van der Waals surface area contributed by atoms with Crippen molar-refractivity contribution in [3.05, 3.63) is 68.4 Å². The summed E-state index contributed by atoms with van der Waals surface area (Å²) in [5.41, 5.74) is 1.73. The number of likely N-dealkylation sites (tertiary alicyclic amines) is 1. The average Bonchev–Trinajstić information content (AvgIpc) is 3.66. The van der Waals surface area contributed by atoms with Crippen molar-refractivity contribution in [2.45, 2.75) is 68.7 Å². The molecule has 7 nitrogen and oxygen atoms in total. The standard InChI is InChI=1S/C29H30Cl3N3O4/c30-23-5-2-6-24(31)26(23)27-21(28(39-34-27)17-7-8-17)13-38-20-9-10-22(25(32)12-20)29(37)14-35(15-29)19-4-1-3-18(11-19)33-16-36/h2,5-6,9-10,12,16-19,37H,1,3-4,7-8,11,13-15H2,(H,33,36). The van der Waals surface area contributed by atoms with Gasteiger partial charge >= 0.3 is 0 Å². The number of rotatable bonds is 9. The Balaban J connectivity index is 1.15. The first-order chi connectivity index (χ1) is 18.9. The van der Waals surface area contributed by atoms with E-state index in [4.69, 9.17) is 44.1 Å². The minimum atomic E-state index is -1.01. The highest BCUT2D eigenvalue weighted by atomic mass is 35.5. The molecule has 2 aromatic carbocycles. The lowest BCUT2D eigenvalue weighted by Gasteiger charge is -2.52. The molecule has 2 saturated carbocycles. The van der Waals surface area contributed by atoms with E-state index in [1.54, 1.807) is 24.3 Å². The van der Waals surface area contributed by atoms with Crippen molar-refractivity contribution >= 4 is 41.2 Å². The molecular weight excluding hydrogens is 561 g/mol. The summed E-state index contributed by atoms with van der Waals surface area (Å²) in [5, 5.41) is 20.0. The molecule has 2 unspecified atom stereocenters. The molecule has 1 amide bonds. The summed E-state index contributed by atoms with van der Waals surface area (Å²) < 4.78 is 11.9.